The molecule has 1 aliphatic heterocycles. The molecule has 2 rings (SSSR count). The molecule has 1 aromatic rings. The number of hydrogen-bond acceptors (Lipinski definition) is 5. The minimum absolute atomic E-state index is 0.0457. The molecule has 0 saturated carbocycles. The second kappa shape index (κ2) is 8.08. The second-order valence-electron chi connectivity index (χ2n) is 5.62. The van der Waals surface area contributed by atoms with Crippen molar-refractivity contribution in [3.8, 4) is 0 Å². The van der Waals surface area contributed by atoms with Crippen LogP contribution in [0.1, 0.15) is 24.8 Å². The summed E-state index contributed by atoms with van der Waals surface area (Å²) in [6.07, 6.45) is 2.43. The van der Waals surface area contributed by atoms with E-state index >= 15 is 0 Å². The molecule has 124 valence electrons. The lowest BCUT2D eigenvalue weighted by atomic mass is 10.1. The van der Waals surface area contributed by atoms with E-state index < -0.39 is 9.84 Å². The van der Waals surface area contributed by atoms with E-state index in [1.165, 1.54) is 0 Å². The van der Waals surface area contributed by atoms with Gasteiger partial charge in [0.2, 0.25) is 5.91 Å². The van der Waals surface area contributed by atoms with E-state index in [1.54, 1.807) is 23.3 Å². The molecule has 0 spiro atoms. The topological polar surface area (TPSA) is 63.7 Å². The zero-order chi connectivity index (χ0) is 16.0. The molecule has 0 radical (unpaired) electrons. The van der Waals surface area contributed by atoms with E-state index in [0.29, 0.717) is 32.4 Å². The Morgan fingerprint density at radius 1 is 1.50 bits per heavy atom. The van der Waals surface area contributed by atoms with Crippen molar-refractivity contribution < 1.29 is 17.9 Å². The van der Waals surface area contributed by atoms with Crippen molar-refractivity contribution in [1.29, 1.82) is 0 Å². The SMILES string of the molecule is COCCCN(C(=O)CCc1ccsc1)C1CCS(=O)(=O)C1. The number of amides is 1. The average Bonchev–Trinajstić information content (AvgIpc) is 3.10. The van der Waals surface area contributed by atoms with Crippen molar-refractivity contribution in [2.24, 2.45) is 0 Å². The molecule has 0 aromatic carbocycles. The fourth-order valence-corrected chi connectivity index (χ4v) is 5.17. The first kappa shape index (κ1) is 17.4. The number of ether oxygens (including phenoxy) is 1. The van der Waals surface area contributed by atoms with E-state index in [-0.39, 0.29) is 23.5 Å². The summed E-state index contributed by atoms with van der Waals surface area (Å²) < 4.78 is 28.4. The van der Waals surface area contributed by atoms with Crippen molar-refractivity contribution in [2.75, 3.05) is 31.8 Å². The van der Waals surface area contributed by atoms with Crippen LogP contribution in [0.2, 0.25) is 0 Å². The fourth-order valence-electron chi connectivity index (χ4n) is 2.74. The van der Waals surface area contributed by atoms with Crippen molar-refractivity contribution in [2.45, 2.75) is 31.7 Å². The molecule has 2 heterocycles. The second-order valence-corrected chi connectivity index (χ2v) is 8.63. The van der Waals surface area contributed by atoms with Crippen LogP contribution in [0.4, 0.5) is 0 Å². The molecular formula is C15H23NO4S2. The van der Waals surface area contributed by atoms with Gasteiger partial charge in [0.25, 0.3) is 0 Å². The van der Waals surface area contributed by atoms with E-state index in [1.807, 2.05) is 16.8 Å². The Balaban J connectivity index is 1.95. The number of methoxy groups -OCH3 is 1. The molecule has 22 heavy (non-hydrogen) atoms. The molecule has 1 atom stereocenters. The maximum absolute atomic E-state index is 12.5. The zero-order valence-corrected chi connectivity index (χ0v) is 14.5. The Labute approximate surface area is 136 Å². The summed E-state index contributed by atoms with van der Waals surface area (Å²) in [7, 11) is -1.36. The van der Waals surface area contributed by atoms with Gasteiger partial charge in [-0.1, -0.05) is 0 Å². The maximum Gasteiger partial charge on any atom is 0.223 e. The van der Waals surface area contributed by atoms with Gasteiger partial charge in [-0.2, -0.15) is 11.3 Å². The van der Waals surface area contributed by atoms with Gasteiger partial charge in [-0.25, -0.2) is 8.42 Å². The van der Waals surface area contributed by atoms with Crippen LogP contribution in [0.25, 0.3) is 0 Å². The Morgan fingerprint density at radius 2 is 2.32 bits per heavy atom. The molecular weight excluding hydrogens is 322 g/mol. The summed E-state index contributed by atoms with van der Waals surface area (Å²) in [6.45, 7) is 1.14. The summed E-state index contributed by atoms with van der Waals surface area (Å²) in [5.41, 5.74) is 1.16. The summed E-state index contributed by atoms with van der Waals surface area (Å²) in [5.74, 6) is 0.338. The summed E-state index contributed by atoms with van der Waals surface area (Å²) >= 11 is 1.62. The van der Waals surface area contributed by atoms with Crippen molar-refractivity contribution in [3.05, 3.63) is 22.4 Å². The summed E-state index contributed by atoms with van der Waals surface area (Å²) in [4.78, 5) is 14.3. The monoisotopic (exact) mass is 345 g/mol. The first-order valence-corrected chi connectivity index (χ1v) is 10.3. The highest BCUT2D eigenvalue weighted by atomic mass is 32.2. The molecule has 1 amide bonds. The van der Waals surface area contributed by atoms with Crippen LogP contribution in [0.5, 0.6) is 0 Å². The van der Waals surface area contributed by atoms with Crippen molar-refractivity contribution in [1.82, 2.24) is 4.90 Å². The van der Waals surface area contributed by atoms with Gasteiger partial charge in [0.05, 0.1) is 11.5 Å². The van der Waals surface area contributed by atoms with Gasteiger partial charge in [-0.15, -0.1) is 0 Å². The van der Waals surface area contributed by atoms with Crippen LogP contribution >= 0.6 is 11.3 Å². The Bertz CT molecular complexity index is 568. The van der Waals surface area contributed by atoms with Gasteiger partial charge in [0, 0.05) is 32.7 Å². The van der Waals surface area contributed by atoms with E-state index in [9.17, 15) is 13.2 Å². The Morgan fingerprint density at radius 3 is 2.91 bits per heavy atom. The number of aryl methyl sites for hydroxylation is 1. The van der Waals surface area contributed by atoms with Gasteiger partial charge in [-0.3, -0.25) is 4.79 Å². The summed E-state index contributed by atoms with van der Waals surface area (Å²) in [6, 6.07) is 1.85. The van der Waals surface area contributed by atoms with Gasteiger partial charge in [-0.05, 0) is 41.7 Å². The molecule has 0 aliphatic carbocycles. The number of carbonyl (C=O) groups is 1. The highest BCUT2D eigenvalue weighted by Gasteiger charge is 2.34. The lowest BCUT2D eigenvalue weighted by molar-refractivity contribution is -0.133. The zero-order valence-electron chi connectivity index (χ0n) is 12.9. The molecule has 1 saturated heterocycles. The Kier molecular flexibility index (Phi) is 6.40. The number of nitrogens with zero attached hydrogens (tertiary/aromatic N) is 1. The maximum atomic E-state index is 12.5. The van der Waals surface area contributed by atoms with Crippen molar-refractivity contribution >= 4 is 27.1 Å². The third-order valence-corrected chi connectivity index (χ3v) is 6.41. The number of thiophene rings is 1. The highest BCUT2D eigenvalue weighted by Crippen LogP contribution is 2.20. The first-order chi connectivity index (χ1) is 10.5. The van der Waals surface area contributed by atoms with Crippen LogP contribution in [0.15, 0.2) is 16.8 Å². The normalized spacial score (nSPS) is 20.1. The molecule has 7 heteroatoms. The number of rotatable bonds is 8. The lowest BCUT2D eigenvalue weighted by Gasteiger charge is -2.28. The minimum atomic E-state index is -2.99. The van der Waals surface area contributed by atoms with Crippen LogP contribution < -0.4 is 0 Å². The Hall–Kier alpha value is -0.920. The van der Waals surface area contributed by atoms with E-state index in [4.69, 9.17) is 4.74 Å². The molecule has 1 unspecified atom stereocenters. The predicted octanol–water partition coefficient (Wildman–Crippen LogP) is 1.73. The standard InChI is InChI=1S/C15H23NO4S2/c1-20-8-2-7-16(14-6-10-22(18,19)12-14)15(17)4-3-13-5-9-21-11-13/h5,9,11,14H,2-4,6-8,10,12H2,1H3. The number of sulfone groups is 1. The van der Waals surface area contributed by atoms with Crippen LogP contribution in [-0.4, -0.2) is 57.0 Å². The quantitative estimate of drug-likeness (QED) is 0.673. The predicted molar refractivity (Wildman–Crippen MR) is 87.9 cm³/mol. The van der Waals surface area contributed by atoms with Crippen molar-refractivity contribution in [3.63, 3.8) is 0 Å². The number of hydrogen-bond donors (Lipinski definition) is 0. The van der Waals surface area contributed by atoms with Gasteiger partial charge < -0.3 is 9.64 Å². The average molecular weight is 345 g/mol. The minimum Gasteiger partial charge on any atom is -0.385 e. The third-order valence-electron chi connectivity index (χ3n) is 3.92. The summed E-state index contributed by atoms with van der Waals surface area (Å²) in [5, 5.41) is 4.04. The van der Waals surface area contributed by atoms with Gasteiger partial charge in [0.1, 0.15) is 0 Å². The highest BCUT2D eigenvalue weighted by molar-refractivity contribution is 7.91. The lowest BCUT2D eigenvalue weighted by Crippen LogP contribution is -2.42. The molecule has 1 fully saturated rings. The molecule has 1 aromatic heterocycles. The van der Waals surface area contributed by atoms with Gasteiger partial charge in [0.15, 0.2) is 9.84 Å². The van der Waals surface area contributed by atoms with Crippen LogP contribution in [-0.2, 0) is 25.8 Å². The molecule has 0 bridgehead atoms. The molecule has 5 nitrogen and oxygen atoms in total. The van der Waals surface area contributed by atoms with E-state index in [2.05, 4.69) is 0 Å². The molecule has 0 N–H and O–H groups in total. The van der Waals surface area contributed by atoms with Crippen LogP contribution in [0, 0.1) is 0 Å². The number of carbonyl (C=O) groups excluding carboxylic acids is 1. The largest absolute Gasteiger partial charge is 0.385 e. The molecule has 1 aliphatic rings. The smallest absolute Gasteiger partial charge is 0.223 e. The first-order valence-electron chi connectivity index (χ1n) is 7.52. The third kappa shape index (κ3) is 5.07. The van der Waals surface area contributed by atoms with E-state index in [0.717, 1.165) is 12.0 Å². The van der Waals surface area contributed by atoms with Crippen LogP contribution in [0.3, 0.4) is 0 Å². The van der Waals surface area contributed by atoms with Gasteiger partial charge >= 0.3 is 0 Å². The fraction of sp³-hybridized carbons (Fsp3) is 0.667.